The lowest BCUT2D eigenvalue weighted by Crippen LogP contribution is -2.40. The third kappa shape index (κ3) is 3.54. The van der Waals surface area contributed by atoms with Crippen molar-refractivity contribution in [2.24, 2.45) is 5.10 Å². The fourth-order valence-corrected chi connectivity index (χ4v) is 1.78. The van der Waals surface area contributed by atoms with Crippen LogP contribution in [0.25, 0.3) is 0 Å². The summed E-state index contributed by atoms with van der Waals surface area (Å²) in [5.74, 6) is 0.800. The van der Waals surface area contributed by atoms with Gasteiger partial charge in [-0.1, -0.05) is 0 Å². The summed E-state index contributed by atoms with van der Waals surface area (Å²) in [6.45, 7) is 4.05. The Morgan fingerprint density at radius 3 is 2.58 bits per heavy atom. The molecule has 1 aromatic rings. The van der Waals surface area contributed by atoms with Crippen molar-refractivity contribution in [1.82, 2.24) is 0 Å². The minimum Gasteiger partial charge on any atom is -0.497 e. The maximum absolute atomic E-state index is 11.9. The number of hydrazone groups is 1. The molecule has 5 heteroatoms. The average Bonchev–Trinajstić information content (AvgIpc) is 2.37. The molecule has 19 heavy (non-hydrogen) atoms. The molecule has 1 fully saturated rings. The lowest BCUT2D eigenvalue weighted by Gasteiger charge is -2.29. The van der Waals surface area contributed by atoms with E-state index < -0.39 is 5.60 Å². The number of carbonyl (C=O) groups is 1. The van der Waals surface area contributed by atoms with Gasteiger partial charge in [-0.25, -0.2) is 0 Å². The molecule has 0 aromatic heterocycles. The molecular weight excluding hydrogens is 244 g/mol. The first-order valence-corrected chi connectivity index (χ1v) is 6.14. The maximum atomic E-state index is 11.9. The van der Waals surface area contributed by atoms with Gasteiger partial charge in [0.25, 0.3) is 0 Å². The van der Waals surface area contributed by atoms with Gasteiger partial charge in [-0.05, 0) is 38.1 Å². The third-order valence-electron chi connectivity index (χ3n) is 2.92. The van der Waals surface area contributed by atoms with E-state index in [-0.39, 0.29) is 12.4 Å². The number of anilines is 1. The van der Waals surface area contributed by atoms with Gasteiger partial charge in [0.15, 0.2) is 5.78 Å². The molecule has 0 atom stereocenters. The predicted octanol–water partition coefficient (Wildman–Crippen LogP) is 2.23. The summed E-state index contributed by atoms with van der Waals surface area (Å²) >= 11 is 0. The molecule has 1 saturated heterocycles. The number of Topliss-reactive ketones (excluding diaryl/α,β-unsaturated/α-hetero) is 1. The molecule has 0 unspecified atom stereocenters. The van der Waals surface area contributed by atoms with E-state index in [0.717, 1.165) is 11.4 Å². The van der Waals surface area contributed by atoms with Crippen LogP contribution in [0.1, 0.15) is 20.3 Å². The van der Waals surface area contributed by atoms with Crippen LogP contribution in [0.2, 0.25) is 0 Å². The third-order valence-corrected chi connectivity index (χ3v) is 2.92. The standard InChI is InChI=1S/C14H18N2O3/c1-14(2)8-13(17)12(9-19-14)16-15-10-4-6-11(18-3)7-5-10/h4-7,15H,8-9H2,1-3H3. The van der Waals surface area contributed by atoms with Crippen LogP contribution >= 0.6 is 0 Å². The zero-order chi connectivity index (χ0) is 13.9. The highest BCUT2D eigenvalue weighted by Crippen LogP contribution is 2.20. The van der Waals surface area contributed by atoms with Gasteiger partial charge >= 0.3 is 0 Å². The molecular formula is C14H18N2O3. The predicted molar refractivity (Wildman–Crippen MR) is 73.7 cm³/mol. The Balaban J connectivity index is 2.00. The van der Waals surface area contributed by atoms with E-state index in [1.165, 1.54) is 0 Å². The van der Waals surface area contributed by atoms with E-state index in [2.05, 4.69) is 10.5 Å². The number of ketones is 1. The minimum atomic E-state index is -0.393. The quantitative estimate of drug-likeness (QED) is 0.849. The molecule has 1 heterocycles. The lowest BCUT2D eigenvalue weighted by atomic mass is 9.96. The molecule has 5 nitrogen and oxygen atoms in total. The molecule has 1 aliphatic heterocycles. The largest absolute Gasteiger partial charge is 0.497 e. The molecule has 0 spiro atoms. The van der Waals surface area contributed by atoms with E-state index in [9.17, 15) is 4.79 Å². The Morgan fingerprint density at radius 2 is 2.00 bits per heavy atom. The number of hydrogen-bond acceptors (Lipinski definition) is 5. The molecule has 102 valence electrons. The Hall–Kier alpha value is -1.88. The van der Waals surface area contributed by atoms with Gasteiger partial charge in [0.2, 0.25) is 0 Å². The number of carbonyl (C=O) groups excluding carboxylic acids is 1. The molecule has 0 amide bonds. The van der Waals surface area contributed by atoms with Crippen LogP contribution in [0, 0.1) is 0 Å². The van der Waals surface area contributed by atoms with Gasteiger partial charge in [-0.15, -0.1) is 0 Å². The lowest BCUT2D eigenvalue weighted by molar-refractivity contribution is -0.122. The number of nitrogens with one attached hydrogen (secondary N) is 1. The maximum Gasteiger partial charge on any atom is 0.184 e. The van der Waals surface area contributed by atoms with Crippen molar-refractivity contribution in [2.75, 3.05) is 19.1 Å². The van der Waals surface area contributed by atoms with Crippen molar-refractivity contribution in [3.05, 3.63) is 24.3 Å². The van der Waals surface area contributed by atoms with Gasteiger partial charge in [0.05, 0.1) is 25.0 Å². The van der Waals surface area contributed by atoms with E-state index in [1.54, 1.807) is 7.11 Å². The summed E-state index contributed by atoms with van der Waals surface area (Å²) < 4.78 is 10.6. The van der Waals surface area contributed by atoms with Crippen LogP contribution in [-0.2, 0) is 9.53 Å². The molecule has 0 radical (unpaired) electrons. The number of rotatable bonds is 3. The van der Waals surface area contributed by atoms with Crippen molar-refractivity contribution in [2.45, 2.75) is 25.9 Å². The normalized spacial score (nSPS) is 20.4. The number of ether oxygens (including phenoxy) is 2. The second-order valence-corrected chi connectivity index (χ2v) is 5.05. The number of nitrogens with zero attached hydrogens (tertiary/aromatic N) is 1. The summed E-state index contributed by atoms with van der Waals surface area (Å²) in [6.07, 6.45) is 0.357. The number of benzene rings is 1. The summed E-state index contributed by atoms with van der Waals surface area (Å²) in [5.41, 5.74) is 3.69. The van der Waals surface area contributed by atoms with E-state index >= 15 is 0 Å². The monoisotopic (exact) mass is 262 g/mol. The van der Waals surface area contributed by atoms with Crippen molar-refractivity contribution >= 4 is 17.2 Å². The SMILES string of the molecule is COc1ccc(NN=C2COC(C)(C)CC2=O)cc1. The first-order valence-electron chi connectivity index (χ1n) is 6.14. The molecule has 1 aromatic carbocycles. The van der Waals surface area contributed by atoms with E-state index in [0.29, 0.717) is 12.1 Å². The van der Waals surface area contributed by atoms with Gasteiger partial charge < -0.3 is 9.47 Å². The number of hydrogen-bond donors (Lipinski definition) is 1. The van der Waals surface area contributed by atoms with Crippen LogP contribution in [0.3, 0.4) is 0 Å². The van der Waals surface area contributed by atoms with Crippen LogP contribution in [0.5, 0.6) is 5.75 Å². The average molecular weight is 262 g/mol. The van der Waals surface area contributed by atoms with Crippen LogP contribution in [0.15, 0.2) is 29.4 Å². The Bertz CT molecular complexity index is 492. The first kappa shape index (κ1) is 13.5. The summed E-state index contributed by atoms with van der Waals surface area (Å²) in [5, 5.41) is 4.11. The zero-order valence-corrected chi connectivity index (χ0v) is 11.4. The van der Waals surface area contributed by atoms with Crippen molar-refractivity contribution in [1.29, 1.82) is 0 Å². The second kappa shape index (κ2) is 5.40. The second-order valence-electron chi connectivity index (χ2n) is 5.05. The highest BCUT2D eigenvalue weighted by Gasteiger charge is 2.31. The van der Waals surface area contributed by atoms with Crippen LogP contribution < -0.4 is 10.2 Å². The fourth-order valence-electron chi connectivity index (χ4n) is 1.78. The van der Waals surface area contributed by atoms with Gasteiger partial charge in [0, 0.05) is 6.42 Å². The molecule has 1 aliphatic rings. The Kier molecular flexibility index (Phi) is 3.85. The molecule has 1 N–H and O–H groups in total. The molecule has 0 saturated carbocycles. The van der Waals surface area contributed by atoms with Crippen LogP contribution in [0.4, 0.5) is 5.69 Å². The molecule has 0 aliphatic carbocycles. The van der Waals surface area contributed by atoms with Crippen molar-refractivity contribution in [3.63, 3.8) is 0 Å². The van der Waals surface area contributed by atoms with Crippen molar-refractivity contribution < 1.29 is 14.3 Å². The molecule has 0 bridgehead atoms. The molecule has 2 rings (SSSR count). The smallest absolute Gasteiger partial charge is 0.184 e. The Labute approximate surface area is 112 Å². The van der Waals surface area contributed by atoms with E-state index in [4.69, 9.17) is 9.47 Å². The zero-order valence-electron chi connectivity index (χ0n) is 11.4. The highest BCUT2D eigenvalue weighted by molar-refractivity contribution is 6.41. The minimum absolute atomic E-state index is 0.0252. The number of methoxy groups -OCH3 is 1. The first-order chi connectivity index (χ1) is 9.00. The Morgan fingerprint density at radius 1 is 1.32 bits per heavy atom. The summed E-state index contributed by atoms with van der Waals surface area (Å²) in [6, 6.07) is 7.32. The topological polar surface area (TPSA) is 59.9 Å². The van der Waals surface area contributed by atoms with Gasteiger partial charge in [-0.2, -0.15) is 5.10 Å². The van der Waals surface area contributed by atoms with Gasteiger partial charge in [0.1, 0.15) is 11.5 Å². The van der Waals surface area contributed by atoms with Crippen molar-refractivity contribution in [3.8, 4) is 5.75 Å². The van der Waals surface area contributed by atoms with Crippen LogP contribution in [-0.4, -0.2) is 30.8 Å². The van der Waals surface area contributed by atoms with Gasteiger partial charge in [-0.3, -0.25) is 10.2 Å². The highest BCUT2D eigenvalue weighted by atomic mass is 16.5. The summed E-state index contributed by atoms with van der Waals surface area (Å²) in [4.78, 5) is 11.9. The fraction of sp³-hybridized carbons (Fsp3) is 0.429. The van der Waals surface area contributed by atoms with E-state index in [1.807, 2.05) is 38.1 Å². The summed E-state index contributed by atoms with van der Waals surface area (Å²) in [7, 11) is 1.61.